The smallest absolute Gasteiger partial charge is 0.321 e. The van der Waals surface area contributed by atoms with E-state index in [4.69, 9.17) is 4.74 Å². The molecular weight excluding hydrogens is 318 g/mol. The molecule has 0 unspecified atom stereocenters. The summed E-state index contributed by atoms with van der Waals surface area (Å²) in [7, 11) is 3.38. The molecule has 0 aliphatic heterocycles. The van der Waals surface area contributed by atoms with Gasteiger partial charge in [0.25, 0.3) is 0 Å². The molecule has 2 amide bonds. The van der Waals surface area contributed by atoms with E-state index in [9.17, 15) is 4.79 Å². The third kappa shape index (κ3) is 4.14. The van der Waals surface area contributed by atoms with Crippen LogP contribution in [-0.4, -0.2) is 40.3 Å². The fourth-order valence-corrected chi connectivity index (χ4v) is 2.35. The van der Waals surface area contributed by atoms with Crippen LogP contribution in [0.15, 0.2) is 54.9 Å². The molecule has 3 aromatic rings. The summed E-state index contributed by atoms with van der Waals surface area (Å²) in [5, 5.41) is 9.50. The van der Waals surface area contributed by atoms with Gasteiger partial charge in [-0.05, 0) is 42.0 Å². The monoisotopic (exact) mass is 337 g/mol. The zero-order chi connectivity index (χ0) is 17.6. The minimum absolute atomic E-state index is 0.178. The average Bonchev–Trinajstić information content (AvgIpc) is 3.17. The highest BCUT2D eigenvalue weighted by Crippen LogP contribution is 2.18. The number of anilines is 1. The number of rotatable bonds is 5. The van der Waals surface area contributed by atoms with Crippen molar-refractivity contribution in [3.05, 3.63) is 60.4 Å². The van der Waals surface area contributed by atoms with Crippen LogP contribution in [0.2, 0.25) is 0 Å². The molecule has 3 rings (SSSR count). The standard InChI is InChI=1S/C18H19N5O2/c1-23(11-13-3-9-16(25-2)10-4-13)18(24)21-15-7-5-14(6-8-15)17-19-12-20-22-17/h3-10,12H,11H2,1-2H3,(H,21,24)(H,19,20,22). The van der Waals surface area contributed by atoms with Crippen molar-refractivity contribution in [1.82, 2.24) is 20.1 Å². The van der Waals surface area contributed by atoms with Gasteiger partial charge in [0.15, 0.2) is 5.82 Å². The Kier molecular flexibility index (Phi) is 4.94. The van der Waals surface area contributed by atoms with Crippen LogP contribution in [0.1, 0.15) is 5.56 Å². The zero-order valence-corrected chi connectivity index (χ0v) is 14.1. The molecule has 0 spiro atoms. The van der Waals surface area contributed by atoms with Crippen LogP contribution >= 0.6 is 0 Å². The molecule has 0 aliphatic rings. The van der Waals surface area contributed by atoms with Crippen molar-refractivity contribution in [3.63, 3.8) is 0 Å². The van der Waals surface area contributed by atoms with E-state index >= 15 is 0 Å². The van der Waals surface area contributed by atoms with E-state index in [-0.39, 0.29) is 6.03 Å². The van der Waals surface area contributed by atoms with Crippen molar-refractivity contribution in [1.29, 1.82) is 0 Å². The predicted octanol–water partition coefficient (Wildman–Crippen LogP) is 3.14. The highest BCUT2D eigenvalue weighted by atomic mass is 16.5. The number of amides is 2. The molecule has 2 aromatic carbocycles. The van der Waals surface area contributed by atoms with Crippen LogP contribution in [0.3, 0.4) is 0 Å². The third-order valence-corrected chi connectivity index (χ3v) is 3.75. The van der Waals surface area contributed by atoms with Gasteiger partial charge in [0.2, 0.25) is 0 Å². The molecule has 0 saturated carbocycles. The van der Waals surface area contributed by atoms with Gasteiger partial charge in [0, 0.05) is 24.8 Å². The Bertz CT molecular complexity index is 814. The lowest BCUT2D eigenvalue weighted by Gasteiger charge is -2.18. The fourth-order valence-electron chi connectivity index (χ4n) is 2.35. The van der Waals surface area contributed by atoms with Gasteiger partial charge in [0.05, 0.1) is 7.11 Å². The van der Waals surface area contributed by atoms with Crippen molar-refractivity contribution in [2.45, 2.75) is 6.54 Å². The van der Waals surface area contributed by atoms with E-state index in [1.165, 1.54) is 6.33 Å². The topological polar surface area (TPSA) is 83.1 Å². The number of methoxy groups -OCH3 is 1. The van der Waals surface area contributed by atoms with Crippen LogP contribution in [0.25, 0.3) is 11.4 Å². The molecule has 1 aromatic heterocycles. The van der Waals surface area contributed by atoms with Crippen LogP contribution in [0.5, 0.6) is 5.75 Å². The SMILES string of the molecule is COc1ccc(CN(C)C(=O)Nc2ccc(-c3ncn[nH]3)cc2)cc1. The van der Waals surface area contributed by atoms with E-state index in [1.807, 2.05) is 48.5 Å². The Morgan fingerprint density at radius 2 is 1.88 bits per heavy atom. The molecule has 7 nitrogen and oxygen atoms in total. The Morgan fingerprint density at radius 3 is 2.48 bits per heavy atom. The average molecular weight is 337 g/mol. The predicted molar refractivity (Wildman–Crippen MR) is 95.3 cm³/mol. The van der Waals surface area contributed by atoms with Crippen molar-refractivity contribution in [2.24, 2.45) is 0 Å². The van der Waals surface area contributed by atoms with Gasteiger partial charge < -0.3 is 15.0 Å². The number of hydrogen-bond acceptors (Lipinski definition) is 4. The van der Waals surface area contributed by atoms with Crippen molar-refractivity contribution >= 4 is 11.7 Å². The summed E-state index contributed by atoms with van der Waals surface area (Å²) < 4.78 is 5.13. The summed E-state index contributed by atoms with van der Waals surface area (Å²) in [5.74, 6) is 1.48. The molecule has 0 aliphatic carbocycles. The molecule has 7 heteroatoms. The van der Waals surface area contributed by atoms with Crippen molar-refractivity contribution < 1.29 is 9.53 Å². The number of H-pyrrole nitrogens is 1. The number of carbonyl (C=O) groups excluding carboxylic acids is 1. The van der Waals surface area contributed by atoms with Crippen LogP contribution < -0.4 is 10.1 Å². The minimum Gasteiger partial charge on any atom is -0.497 e. The van der Waals surface area contributed by atoms with E-state index in [0.717, 1.165) is 22.6 Å². The summed E-state index contributed by atoms with van der Waals surface area (Å²) >= 11 is 0. The van der Waals surface area contributed by atoms with Gasteiger partial charge in [-0.1, -0.05) is 12.1 Å². The van der Waals surface area contributed by atoms with Crippen LogP contribution in [-0.2, 0) is 6.54 Å². The molecule has 128 valence electrons. The molecule has 25 heavy (non-hydrogen) atoms. The number of benzene rings is 2. The summed E-state index contributed by atoms with van der Waals surface area (Å²) in [5.41, 5.74) is 2.65. The van der Waals surface area contributed by atoms with Gasteiger partial charge >= 0.3 is 6.03 Å². The maximum atomic E-state index is 12.3. The maximum Gasteiger partial charge on any atom is 0.321 e. The molecule has 0 fully saturated rings. The Balaban J connectivity index is 1.59. The lowest BCUT2D eigenvalue weighted by molar-refractivity contribution is 0.220. The first-order valence-corrected chi connectivity index (χ1v) is 7.76. The number of carbonyl (C=O) groups is 1. The van der Waals surface area contributed by atoms with E-state index in [2.05, 4.69) is 20.5 Å². The lowest BCUT2D eigenvalue weighted by Crippen LogP contribution is -2.30. The van der Waals surface area contributed by atoms with E-state index < -0.39 is 0 Å². The molecular formula is C18H19N5O2. The van der Waals surface area contributed by atoms with Gasteiger partial charge in [-0.25, -0.2) is 9.78 Å². The second kappa shape index (κ2) is 7.48. The summed E-state index contributed by atoms with van der Waals surface area (Å²) in [6.07, 6.45) is 1.46. The van der Waals surface area contributed by atoms with Gasteiger partial charge in [0.1, 0.15) is 12.1 Å². The number of ether oxygens (including phenoxy) is 1. The zero-order valence-electron chi connectivity index (χ0n) is 14.1. The number of nitrogens with one attached hydrogen (secondary N) is 2. The van der Waals surface area contributed by atoms with E-state index in [1.54, 1.807) is 19.1 Å². The minimum atomic E-state index is -0.178. The van der Waals surface area contributed by atoms with E-state index in [0.29, 0.717) is 12.4 Å². The van der Waals surface area contributed by atoms with Crippen LogP contribution in [0, 0.1) is 0 Å². The highest BCUT2D eigenvalue weighted by Gasteiger charge is 2.10. The molecule has 0 atom stereocenters. The van der Waals surface area contributed by atoms with Crippen LogP contribution in [0.4, 0.5) is 10.5 Å². The first kappa shape index (κ1) is 16.5. The molecule has 0 radical (unpaired) electrons. The van der Waals surface area contributed by atoms with Gasteiger partial charge in [-0.15, -0.1) is 0 Å². The Labute approximate surface area is 145 Å². The fraction of sp³-hybridized carbons (Fsp3) is 0.167. The second-order valence-corrected chi connectivity index (χ2v) is 5.55. The molecule has 1 heterocycles. The lowest BCUT2D eigenvalue weighted by atomic mass is 10.2. The Hall–Kier alpha value is -3.35. The Morgan fingerprint density at radius 1 is 1.16 bits per heavy atom. The maximum absolute atomic E-state index is 12.3. The molecule has 0 bridgehead atoms. The largest absolute Gasteiger partial charge is 0.497 e. The molecule has 0 saturated heterocycles. The quantitative estimate of drug-likeness (QED) is 0.749. The third-order valence-electron chi connectivity index (χ3n) is 3.75. The molecule has 2 N–H and O–H groups in total. The highest BCUT2D eigenvalue weighted by molar-refractivity contribution is 5.89. The number of aromatic amines is 1. The van der Waals surface area contributed by atoms with Gasteiger partial charge in [-0.3, -0.25) is 5.10 Å². The summed E-state index contributed by atoms with van der Waals surface area (Å²) in [6.45, 7) is 0.506. The second-order valence-electron chi connectivity index (χ2n) is 5.55. The first-order valence-electron chi connectivity index (χ1n) is 7.76. The van der Waals surface area contributed by atoms with Crippen molar-refractivity contribution in [3.8, 4) is 17.1 Å². The number of hydrogen-bond donors (Lipinski definition) is 2. The number of aromatic nitrogens is 3. The summed E-state index contributed by atoms with van der Waals surface area (Å²) in [6, 6.07) is 14.9. The first-order chi connectivity index (χ1) is 12.2. The normalized spacial score (nSPS) is 10.3. The summed E-state index contributed by atoms with van der Waals surface area (Å²) in [4.78, 5) is 18.0. The van der Waals surface area contributed by atoms with Gasteiger partial charge in [-0.2, -0.15) is 5.10 Å². The number of urea groups is 1. The number of nitrogens with zero attached hydrogens (tertiary/aromatic N) is 3. The van der Waals surface area contributed by atoms with Crippen molar-refractivity contribution in [2.75, 3.05) is 19.5 Å².